The van der Waals surface area contributed by atoms with Gasteiger partial charge in [0.25, 0.3) is 5.56 Å². The number of hydrogen-bond acceptors (Lipinski definition) is 4. The molecular weight excluding hydrogens is 286 g/mol. The highest BCUT2D eigenvalue weighted by atomic mass is 32.2. The number of fused-ring (bicyclic) bond motifs is 1. The van der Waals surface area contributed by atoms with Gasteiger partial charge in [-0.3, -0.25) is 14.2 Å². The SMILES string of the molecule is Cc1cnc2n(c1=O)C(CC(=O)Nc1ccccc1)CS2. The molecule has 0 fully saturated rings. The Morgan fingerprint density at radius 3 is 2.95 bits per heavy atom. The van der Waals surface area contributed by atoms with E-state index in [2.05, 4.69) is 10.3 Å². The third-order valence-electron chi connectivity index (χ3n) is 3.38. The minimum absolute atomic E-state index is 0.0532. The molecule has 1 N–H and O–H groups in total. The molecule has 1 unspecified atom stereocenters. The number of para-hydroxylation sites is 1. The quantitative estimate of drug-likeness (QED) is 0.883. The van der Waals surface area contributed by atoms with E-state index in [1.807, 2.05) is 30.3 Å². The van der Waals surface area contributed by atoms with Crippen molar-refractivity contribution in [2.75, 3.05) is 11.1 Å². The van der Waals surface area contributed by atoms with Gasteiger partial charge in [-0.2, -0.15) is 0 Å². The standard InChI is InChI=1S/C15H15N3O2S/c1-10-8-16-15-18(14(10)20)12(9-21-15)7-13(19)17-11-5-3-2-4-6-11/h2-6,8,12H,7,9H2,1H3,(H,17,19). The Balaban J connectivity index is 1.75. The molecule has 1 amide bonds. The second-order valence-corrected chi connectivity index (χ2v) is 5.97. The number of benzene rings is 1. The van der Waals surface area contributed by atoms with Crippen LogP contribution in [0.15, 0.2) is 46.5 Å². The first-order valence-electron chi connectivity index (χ1n) is 6.71. The van der Waals surface area contributed by atoms with Crippen LogP contribution in [0.3, 0.4) is 0 Å². The molecule has 0 bridgehead atoms. The number of rotatable bonds is 3. The van der Waals surface area contributed by atoms with E-state index >= 15 is 0 Å². The van der Waals surface area contributed by atoms with Gasteiger partial charge in [0.2, 0.25) is 5.91 Å². The number of nitrogens with zero attached hydrogens (tertiary/aromatic N) is 2. The van der Waals surface area contributed by atoms with Crippen LogP contribution in [-0.4, -0.2) is 21.2 Å². The average molecular weight is 301 g/mol. The topological polar surface area (TPSA) is 64.0 Å². The second-order valence-electron chi connectivity index (χ2n) is 4.98. The van der Waals surface area contributed by atoms with Crippen LogP contribution < -0.4 is 10.9 Å². The molecule has 0 aliphatic carbocycles. The predicted molar refractivity (Wildman–Crippen MR) is 82.7 cm³/mol. The number of thioether (sulfide) groups is 1. The van der Waals surface area contributed by atoms with Gasteiger partial charge >= 0.3 is 0 Å². The summed E-state index contributed by atoms with van der Waals surface area (Å²) < 4.78 is 1.64. The number of amides is 1. The lowest BCUT2D eigenvalue weighted by atomic mass is 10.2. The summed E-state index contributed by atoms with van der Waals surface area (Å²) in [6.07, 6.45) is 1.87. The zero-order chi connectivity index (χ0) is 14.8. The second kappa shape index (κ2) is 5.73. The number of hydrogen-bond donors (Lipinski definition) is 1. The van der Waals surface area contributed by atoms with Crippen molar-refractivity contribution in [3.8, 4) is 0 Å². The molecule has 5 nitrogen and oxygen atoms in total. The highest BCUT2D eigenvalue weighted by Crippen LogP contribution is 2.31. The molecule has 21 heavy (non-hydrogen) atoms. The monoisotopic (exact) mass is 301 g/mol. The van der Waals surface area contributed by atoms with Gasteiger partial charge in [-0.05, 0) is 19.1 Å². The fourth-order valence-corrected chi connectivity index (χ4v) is 3.42. The van der Waals surface area contributed by atoms with Crippen molar-refractivity contribution in [2.24, 2.45) is 0 Å². The van der Waals surface area contributed by atoms with E-state index in [4.69, 9.17) is 0 Å². The maximum Gasteiger partial charge on any atom is 0.257 e. The molecule has 1 aromatic heterocycles. The summed E-state index contributed by atoms with van der Waals surface area (Å²) in [7, 11) is 0. The summed E-state index contributed by atoms with van der Waals surface area (Å²) in [5.74, 6) is 0.613. The van der Waals surface area contributed by atoms with Gasteiger partial charge in [0.05, 0.1) is 6.04 Å². The van der Waals surface area contributed by atoms with Crippen LogP contribution in [0, 0.1) is 6.92 Å². The fraction of sp³-hybridized carbons (Fsp3) is 0.267. The van der Waals surface area contributed by atoms with E-state index in [1.54, 1.807) is 17.7 Å². The highest BCUT2D eigenvalue weighted by molar-refractivity contribution is 7.99. The van der Waals surface area contributed by atoms with Gasteiger partial charge < -0.3 is 5.32 Å². The van der Waals surface area contributed by atoms with E-state index in [0.717, 1.165) is 5.69 Å². The first-order chi connectivity index (χ1) is 10.1. The summed E-state index contributed by atoms with van der Waals surface area (Å²) in [6, 6.07) is 9.18. The number of carbonyl (C=O) groups excluding carboxylic acids is 1. The van der Waals surface area contributed by atoms with Gasteiger partial charge in [-0.25, -0.2) is 4.98 Å². The van der Waals surface area contributed by atoms with Gasteiger partial charge in [0.1, 0.15) is 0 Å². The van der Waals surface area contributed by atoms with Crippen LogP contribution in [0.1, 0.15) is 18.0 Å². The molecular formula is C15H15N3O2S. The van der Waals surface area contributed by atoms with Gasteiger partial charge in [0, 0.05) is 29.6 Å². The number of nitrogens with one attached hydrogen (secondary N) is 1. The van der Waals surface area contributed by atoms with Crippen molar-refractivity contribution < 1.29 is 4.79 Å². The maximum atomic E-state index is 12.2. The summed E-state index contributed by atoms with van der Waals surface area (Å²) in [5.41, 5.74) is 1.32. The van der Waals surface area contributed by atoms with Crippen molar-refractivity contribution >= 4 is 23.4 Å². The molecule has 1 aliphatic rings. The van der Waals surface area contributed by atoms with Crippen LogP contribution in [0.2, 0.25) is 0 Å². The highest BCUT2D eigenvalue weighted by Gasteiger charge is 2.27. The van der Waals surface area contributed by atoms with Gasteiger partial charge in [-0.15, -0.1) is 0 Å². The largest absolute Gasteiger partial charge is 0.326 e. The molecule has 1 atom stereocenters. The molecule has 3 rings (SSSR count). The third kappa shape index (κ3) is 2.85. The lowest BCUT2D eigenvalue weighted by Gasteiger charge is -2.13. The van der Waals surface area contributed by atoms with Crippen molar-refractivity contribution in [1.82, 2.24) is 9.55 Å². The van der Waals surface area contributed by atoms with Crippen LogP contribution in [0.4, 0.5) is 5.69 Å². The van der Waals surface area contributed by atoms with E-state index in [9.17, 15) is 9.59 Å². The smallest absolute Gasteiger partial charge is 0.257 e. The van der Waals surface area contributed by atoms with Gasteiger partial charge in [-0.1, -0.05) is 30.0 Å². The van der Waals surface area contributed by atoms with E-state index in [1.165, 1.54) is 11.8 Å². The molecule has 0 spiro atoms. The Morgan fingerprint density at radius 2 is 2.19 bits per heavy atom. The van der Waals surface area contributed by atoms with Crippen molar-refractivity contribution in [3.63, 3.8) is 0 Å². The van der Waals surface area contributed by atoms with Crippen LogP contribution in [-0.2, 0) is 4.79 Å². The Hall–Kier alpha value is -2.08. The van der Waals surface area contributed by atoms with Crippen molar-refractivity contribution in [1.29, 1.82) is 0 Å². The van der Waals surface area contributed by atoms with Crippen LogP contribution >= 0.6 is 11.8 Å². The lowest BCUT2D eigenvalue weighted by molar-refractivity contribution is -0.116. The number of aromatic nitrogens is 2. The maximum absolute atomic E-state index is 12.2. The van der Waals surface area contributed by atoms with E-state index in [-0.39, 0.29) is 23.9 Å². The Morgan fingerprint density at radius 1 is 1.43 bits per heavy atom. The summed E-state index contributed by atoms with van der Waals surface area (Å²) in [5, 5.41) is 3.55. The lowest BCUT2D eigenvalue weighted by Crippen LogP contribution is -2.28. The zero-order valence-corrected chi connectivity index (χ0v) is 12.4. The molecule has 0 saturated carbocycles. The number of carbonyl (C=O) groups is 1. The predicted octanol–water partition coefficient (Wildman–Crippen LogP) is 2.23. The molecule has 1 aromatic carbocycles. The molecule has 108 valence electrons. The Kier molecular flexibility index (Phi) is 3.79. The minimum Gasteiger partial charge on any atom is -0.326 e. The van der Waals surface area contributed by atoms with E-state index in [0.29, 0.717) is 16.5 Å². The van der Waals surface area contributed by atoms with Crippen LogP contribution in [0.25, 0.3) is 0 Å². The van der Waals surface area contributed by atoms with Crippen molar-refractivity contribution in [2.45, 2.75) is 24.5 Å². The molecule has 0 saturated heterocycles. The minimum atomic E-state index is -0.131. The number of anilines is 1. The van der Waals surface area contributed by atoms with Gasteiger partial charge in [0.15, 0.2) is 5.16 Å². The fourth-order valence-electron chi connectivity index (χ4n) is 2.32. The average Bonchev–Trinajstić information content (AvgIpc) is 2.87. The molecule has 6 heteroatoms. The summed E-state index contributed by atoms with van der Waals surface area (Å²) in [6.45, 7) is 1.74. The summed E-state index contributed by atoms with van der Waals surface area (Å²) >= 11 is 1.52. The Bertz CT molecular complexity index is 727. The first kappa shape index (κ1) is 13.9. The Labute approximate surface area is 126 Å². The molecule has 2 heterocycles. The normalized spacial score (nSPS) is 16.5. The molecule has 0 radical (unpaired) electrons. The zero-order valence-electron chi connectivity index (χ0n) is 11.6. The van der Waals surface area contributed by atoms with E-state index < -0.39 is 0 Å². The van der Waals surface area contributed by atoms with Crippen LogP contribution in [0.5, 0.6) is 0 Å². The molecule has 2 aromatic rings. The molecule has 1 aliphatic heterocycles. The first-order valence-corrected chi connectivity index (χ1v) is 7.69. The number of aryl methyl sites for hydroxylation is 1. The third-order valence-corrected chi connectivity index (χ3v) is 4.49. The van der Waals surface area contributed by atoms with Crippen molar-refractivity contribution in [3.05, 3.63) is 52.4 Å². The summed E-state index contributed by atoms with van der Waals surface area (Å²) in [4.78, 5) is 28.6.